The van der Waals surface area contributed by atoms with Gasteiger partial charge in [-0.1, -0.05) is 24.3 Å². The first-order chi connectivity index (χ1) is 10.1. The van der Waals surface area contributed by atoms with Crippen LogP contribution in [-0.2, 0) is 14.8 Å². The van der Waals surface area contributed by atoms with E-state index >= 15 is 0 Å². The van der Waals surface area contributed by atoms with Gasteiger partial charge in [-0.3, -0.25) is 9.10 Å². The van der Waals surface area contributed by atoms with Crippen molar-refractivity contribution in [2.45, 2.75) is 23.8 Å². The molecule has 0 bridgehead atoms. The van der Waals surface area contributed by atoms with E-state index in [2.05, 4.69) is 5.32 Å². The van der Waals surface area contributed by atoms with Gasteiger partial charge in [-0.05, 0) is 30.4 Å². The van der Waals surface area contributed by atoms with Crippen molar-refractivity contribution in [1.82, 2.24) is 5.32 Å². The number of hydrogen-bond acceptors (Lipinski definition) is 3. The van der Waals surface area contributed by atoms with Gasteiger partial charge in [0.2, 0.25) is 5.91 Å². The summed E-state index contributed by atoms with van der Waals surface area (Å²) in [6, 6.07) is 10.9. The van der Waals surface area contributed by atoms with Crippen molar-refractivity contribution in [2.75, 3.05) is 10.8 Å². The normalized spacial score (nSPS) is 19.0. The Morgan fingerprint density at radius 3 is 2.62 bits per heavy atom. The number of hydrogen-bond donors (Lipinski definition) is 1. The largest absolute Gasteiger partial charge is 0.352 e. The van der Waals surface area contributed by atoms with Crippen molar-refractivity contribution in [1.29, 1.82) is 0 Å². The van der Waals surface area contributed by atoms with Crippen LogP contribution in [0.2, 0.25) is 0 Å². The average molecular weight is 302 g/mol. The van der Waals surface area contributed by atoms with Gasteiger partial charge in [-0.25, -0.2) is 8.42 Å². The Balaban J connectivity index is 1.79. The summed E-state index contributed by atoms with van der Waals surface area (Å²) >= 11 is 0. The Morgan fingerprint density at radius 1 is 1.19 bits per heavy atom. The van der Waals surface area contributed by atoms with Crippen molar-refractivity contribution in [3.05, 3.63) is 36.4 Å². The van der Waals surface area contributed by atoms with Gasteiger partial charge >= 0.3 is 0 Å². The zero-order chi connectivity index (χ0) is 14.6. The van der Waals surface area contributed by atoms with Gasteiger partial charge in [0.1, 0.15) is 6.54 Å². The highest BCUT2D eigenvalue weighted by Crippen LogP contribution is 2.41. The summed E-state index contributed by atoms with van der Waals surface area (Å²) in [4.78, 5) is 12.3. The molecule has 1 aliphatic carbocycles. The minimum absolute atomic E-state index is 0.160. The molecule has 1 saturated carbocycles. The fourth-order valence-electron chi connectivity index (χ4n) is 2.76. The lowest BCUT2D eigenvalue weighted by Crippen LogP contribution is -2.39. The second-order valence-corrected chi connectivity index (χ2v) is 7.32. The fraction of sp³-hybridized carbons (Fsp3) is 0.267. The molecule has 1 amide bonds. The number of amides is 1. The number of benzene rings is 2. The lowest BCUT2D eigenvalue weighted by molar-refractivity contribution is -0.119. The molecule has 6 heteroatoms. The van der Waals surface area contributed by atoms with E-state index in [9.17, 15) is 13.2 Å². The van der Waals surface area contributed by atoms with Crippen molar-refractivity contribution >= 4 is 32.4 Å². The maximum absolute atomic E-state index is 12.6. The van der Waals surface area contributed by atoms with Gasteiger partial charge in [0.05, 0.1) is 10.6 Å². The molecule has 0 spiro atoms. The van der Waals surface area contributed by atoms with Gasteiger partial charge in [-0.2, -0.15) is 0 Å². The standard InChI is InChI=1S/C15H14N2O3S/c18-14(16-11-7-8-11)9-17-12-5-1-3-10-4-2-6-13(15(10)12)21(17,19)20/h1-6,11H,7-9H2,(H,16,18). The maximum atomic E-state index is 12.6. The van der Waals surface area contributed by atoms with Crippen LogP contribution in [0.25, 0.3) is 10.8 Å². The molecule has 0 saturated heterocycles. The Hall–Kier alpha value is -2.08. The number of nitrogens with one attached hydrogen (secondary N) is 1. The topological polar surface area (TPSA) is 66.5 Å². The van der Waals surface area contributed by atoms with Gasteiger partial charge in [-0.15, -0.1) is 0 Å². The first kappa shape index (κ1) is 12.6. The molecule has 108 valence electrons. The van der Waals surface area contributed by atoms with Crippen LogP contribution >= 0.6 is 0 Å². The number of carbonyl (C=O) groups is 1. The summed E-state index contributed by atoms with van der Waals surface area (Å²) in [6.07, 6.45) is 1.96. The summed E-state index contributed by atoms with van der Waals surface area (Å²) in [5.74, 6) is -0.245. The van der Waals surface area contributed by atoms with Crippen LogP contribution < -0.4 is 9.62 Å². The molecule has 2 aliphatic rings. The third-order valence-electron chi connectivity index (χ3n) is 3.91. The fourth-order valence-corrected chi connectivity index (χ4v) is 4.43. The second kappa shape index (κ2) is 4.21. The van der Waals surface area contributed by atoms with Crippen molar-refractivity contribution < 1.29 is 13.2 Å². The minimum Gasteiger partial charge on any atom is -0.352 e. The van der Waals surface area contributed by atoms with Crippen LogP contribution in [-0.4, -0.2) is 26.9 Å². The predicted octanol–water partition coefficient (Wildman–Crippen LogP) is 1.63. The zero-order valence-electron chi connectivity index (χ0n) is 11.2. The average Bonchev–Trinajstić information content (AvgIpc) is 3.23. The van der Waals surface area contributed by atoms with Crippen LogP contribution in [0.3, 0.4) is 0 Å². The first-order valence-electron chi connectivity index (χ1n) is 6.91. The molecule has 1 aliphatic heterocycles. The molecule has 0 radical (unpaired) electrons. The highest BCUT2D eigenvalue weighted by atomic mass is 32.2. The highest BCUT2D eigenvalue weighted by molar-refractivity contribution is 7.93. The van der Waals surface area contributed by atoms with E-state index in [1.807, 2.05) is 18.2 Å². The number of anilines is 1. The van der Waals surface area contributed by atoms with Crippen molar-refractivity contribution in [3.63, 3.8) is 0 Å². The molecule has 0 atom stereocenters. The van der Waals surface area contributed by atoms with Crippen LogP contribution in [0.4, 0.5) is 5.69 Å². The molecular weight excluding hydrogens is 288 g/mol. The molecule has 2 aromatic rings. The van der Waals surface area contributed by atoms with E-state index in [0.717, 1.165) is 18.2 Å². The number of sulfonamides is 1. The number of carbonyl (C=O) groups excluding carboxylic acids is 1. The second-order valence-electron chi connectivity index (χ2n) is 5.48. The van der Waals surface area contributed by atoms with Crippen LogP contribution in [0.15, 0.2) is 41.3 Å². The molecule has 4 rings (SSSR count). The number of nitrogens with zero attached hydrogens (tertiary/aromatic N) is 1. The lowest BCUT2D eigenvalue weighted by atomic mass is 10.1. The molecule has 0 unspecified atom stereocenters. The van der Waals surface area contributed by atoms with Crippen LogP contribution in [0.1, 0.15) is 12.8 Å². The molecule has 1 heterocycles. The van der Waals surface area contributed by atoms with E-state index in [4.69, 9.17) is 0 Å². The highest BCUT2D eigenvalue weighted by Gasteiger charge is 2.37. The summed E-state index contributed by atoms with van der Waals surface area (Å²) in [6.45, 7) is -0.160. The van der Waals surface area contributed by atoms with Gasteiger partial charge in [0, 0.05) is 11.4 Å². The SMILES string of the molecule is O=C(CN1c2cccc3cccc(c23)S1(=O)=O)NC1CC1. The monoisotopic (exact) mass is 302 g/mol. The Kier molecular flexibility index (Phi) is 2.53. The Morgan fingerprint density at radius 2 is 1.90 bits per heavy atom. The summed E-state index contributed by atoms with van der Waals surface area (Å²) < 4.78 is 26.5. The third-order valence-corrected chi connectivity index (χ3v) is 5.71. The van der Waals surface area contributed by atoms with Crippen LogP contribution in [0, 0.1) is 0 Å². The number of rotatable bonds is 3. The van der Waals surface area contributed by atoms with E-state index in [0.29, 0.717) is 11.1 Å². The molecule has 0 aromatic heterocycles. The Labute approximate surface area is 122 Å². The van der Waals surface area contributed by atoms with E-state index in [1.54, 1.807) is 18.2 Å². The summed E-state index contributed by atoms with van der Waals surface area (Å²) in [5.41, 5.74) is 0.592. The maximum Gasteiger partial charge on any atom is 0.265 e. The zero-order valence-corrected chi connectivity index (χ0v) is 12.1. The lowest BCUT2D eigenvalue weighted by Gasteiger charge is -2.18. The van der Waals surface area contributed by atoms with E-state index in [-0.39, 0.29) is 23.4 Å². The Bertz CT molecular complexity index is 851. The van der Waals surface area contributed by atoms with E-state index in [1.165, 1.54) is 4.31 Å². The van der Waals surface area contributed by atoms with Crippen LogP contribution in [0.5, 0.6) is 0 Å². The van der Waals surface area contributed by atoms with Gasteiger partial charge < -0.3 is 5.32 Å². The van der Waals surface area contributed by atoms with Gasteiger partial charge in [0.15, 0.2) is 0 Å². The molecule has 5 nitrogen and oxygen atoms in total. The molecule has 1 N–H and O–H groups in total. The van der Waals surface area contributed by atoms with Gasteiger partial charge in [0.25, 0.3) is 10.0 Å². The van der Waals surface area contributed by atoms with E-state index < -0.39 is 10.0 Å². The van der Waals surface area contributed by atoms with Crippen molar-refractivity contribution in [2.24, 2.45) is 0 Å². The molecular formula is C15H14N2O3S. The molecule has 2 aromatic carbocycles. The first-order valence-corrected chi connectivity index (χ1v) is 8.35. The third kappa shape index (κ3) is 1.90. The molecule has 1 fully saturated rings. The minimum atomic E-state index is -3.64. The predicted molar refractivity (Wildman–Crippen MR) is 79.6 cm³/mol. The summed E-state index contributed by atoms with van der Waals surface area (Å²) in [7, 11) is -3.64. The smallest absolute Gasteiger partial charge is 0.265 e. The molecule has 21 heavy (non-hydrogen) atoms. The summed E-state index contributed by atoms with van der Waals surface area (Å²) in [5, 5.41) is 4.41. The quantitative estimate of drug-likeness (QED) is 0.937. The van der Waals surface area contributed by atoms with Crippen molar-refractivity contribution in [3.8, 4) is 0 Å².